The number of nitrogens with one attached hydrogen (secondary N) is 1. The molecule has 0 saturated carbocycles. The van der Waals surface area contributed by atoms with Gasteiger partial charge in [-0.05, 0) is 31.5 Å². The summed E-state index contributed by atoms with van der Waals surface area (Å²) >= 11 is 0. The van der Waals surface area contributed by atoms with Gasteiger partial charge in [0.25, 0.3) is 5.91 Å². The van der Waals surface area contributed by atoms with E-state index in [1.54, 1.807) is 6.92 Å². The van der Waals surface area contributed by atoms with E-state index in [0.29, 0.717) is 18.7 Å². The predicted molar refractivity (Wildman–Crippen MR) is 88.4 cm³/mol. The van der Waals surface area contributed by atoms with E-state index in [-0.39, 0.29) is 17.4 Å². The monoisotopic (exact) mass is 331 g/mol. The van der Waals surface area contributed by atoms with Gasteiger partial charge in [0, 0.05) is 19.0 Å². The summed E-state index contributed by atoms with van der Waals surface area (Å²) in [7, 11) is 0. The lowest BCUT2D eigenvalue weighted by Gasteiger charge is -2.10. The number of rotatable bonds is 7. The molecule has 1 heterocycles. The van der Waals surface area contributed by atoms with Crippen molar-refractivity contribution >= 4 is 11.9 Å². The van der Waals surface area contributed by atoms with E-state index in [4.69, 9.17) is 14.3 Å². The van der Waals surface area contributed by atoms with Gasteiger partial charge in [-0.1, -0.05) is 19.1 Å². The Morgan fingerprint density at radius 2 is 1.92 bits per heavy atom. The number of aromatic carboxylic acids is 1. The van der Waals surface area contributed by atoms with E-state index in [9.17, 15) is 9.59 Å². The van der Waals surface area contributed by atoms with Gasteiger partial charge in [-0.25, -0.2) is 4.79 Å². The Balaban J connectivity index is 1.99. The number of carbonyl (C=O) groups is 2. The maximum Gasteiger partial charge on any atom is 0.339 e. The van der Waals surface area contributed by atoms with E-state index in [1.807, 2.05) is 38.1 Å². The van der Waals surface area contributed by atoms with E-state index in [1.165, 1.54) is 6.07 Å². The normalized spacial score (nSPS) is 10.7. The fourth-order valence-electron chi connectivity index (χ4n) is 2.21. The van der Waals surface area contributed by atoms with E-state index < -0.39 is 11.9 Å². The third-order valence-corrected chi connectivity index (χ3v) is 3.33. The number of amides is 1. The number of carboxylic acid groups (broad SMARTS) is 1. The van der Waals surface area contributed by atoms with Gasteiger partial charge in [0.2, 0.25) is 0 Å². The van der Waals surface area contributed by atoms with Gasteiger partial charge in [-0.15, -0.1) is 0 Å². The van der Waals surface area contributed by atoms with Crippen molar-refractivity contribution in [3.05, 3.63) is 53.0 Å². The zero-order valence-corrected chi connectivity index (χ0v) is 14.0. The molecule has 0 atom stereocenters. The maximum absolute atomic E-state index is 12.1. The maximum atomic E-state index is 12.1. The van der Waals surface area contributed by atoms with Crippen LogP contribution in [0.2, 0.25) is 0 Å². The summed E-state index contributed by atoms with van der Waals surface area (Å²) in [4.78, 5) is 23.2. The number of carbonyl (C=O) groups excluding carboxylic acids is 1. The molecular weight excluding hydrogens is 310 g/mol. The van der Waals surface area contributed by atoms with Crippen LogP contribution in [-0.4, -0.2) is 23.1 Å². The molecule has 0 unspecified atom stereocenters. The SMILES string of the molecule is CCc1oc(C(=O)NCc2ccc(OC(C)C)cc2)cc1C(=O)O. The molecule has 0 saturated heterocycles. The Morgan fingerprint density at radius 1 is 1.25 bits per heavy atom. The van der Waals surface area contributed by atoms with Crippen LogP contribution in [0, 0.1) is 0 Å². The second-order valence-electron chi connectivity index (χ2n) is 5.60. The fraction of sp³-hybridized carbons (Fsp3) is 0.333. The van der Waals surface area contributed by atoms with Crippen LogP contribution < -0.4 is 10.1 Å². The highest BCUT2D eigenvalue weighted by Crippen LogP contribution is 2.17. The van der Waals surface area contributed by atoms with Gasteiger partial charge in [-0.2, -0.15) is 0 Å². The average Bonchev–Trinajstić information content (AvgIpc) is 2.98. The Morgan fingerprint density at radius 3 is 2.42 bits per heavy atom. The summed E-state index contributed by atoms with van der Waals surface area (Å²) in [6.07, 6.45) is 0.511. The highest BCUT2D eigenvalue weighted by Gasteiger charge is 2.19. The quantitative estimate of drug-likeness (QED) is 0.813. The van der Waals surface area contributed by atoms with Crippen molar-refractivity contribution in [1.82, 2.24) is 5.32 Å². The molecule has 1 aromatic carbocycles. The molecule has 6 nitrogen and oxygen atoms in total. The number of hydrogen-bond donors (Lipinski definition) is 2. The van der Waals surface area contributed by atoms with Gasteiger partial charge in [0.1, 0.15) is 17.1 Å². The number of furan rings is 1. The minimum atomic E-state index is -1.10. The first kappa shape index (κ1) is 17.6. The lowest BCUT2D eigenvalue weighted by atomic mass is 10.2. The van der Waals surface area contributed by atoms with Crippen molar-refractivity contribution in [2.75, 3.05) is 0 Å². The van der Waals surface area contributed by atoms with Crippen LogP contribution in [0.15, 0.2) is 34.7 Å². The first-order chi connectivity index (χ1) is 11.4. The minimum absolute atomic E-state index is 0.00371. The molecule has 2 N–H and O–H groups in total. The molecule has 0 aliphatic heterocycles. The molecule has 2 aromatic rings. The van der Waals surface area contributed by atoms with Crippen LogP contribution in [0.1, 0.15) is 53.0 Å². The standard InChI is InChI=1S/C18H21NO5/c1-4-15-14(18(21)22)9-16(24-15)17(20)19-10-12-5-7-13(8-6-12)23-11(2)3/h5-9,11H,4,10H2,1-3H3,(H,19,20)(H,21,22). The zero-order valence-electron chi connectivity index (χ0n) is 14.0. The lowest BCUT2D eigenvalue weighted by Crippen LogP contribution is -2.22. The molecule has 0 aliphatic rings. The highest BCUT2D eigenvalue weighted by atomic mass is 16.5. The summed E-state index contributed by atoms with van der Waals surface area (Å²) < 4.78 is 10.9. The molecule has 1 amide bonds. The highest BCUT2D eigenvalue weighted by molar-refractivity contribution is 5.96. The molecule has 6 heteroatoms. The average molecular weight is 331 g/mol. The molecule has 24 heavy (non-hydrogen) atoms. The summed E-state index contributed by atoms with van der Waals surface area (Å²) in [6.45, 7) is 5.99. The molecule has 128 valence electrons. The molecule has 2 rings (SSSR count). The Kier molecular flexibility index (Phi) is 5.63. The van der Waals surface area contributed by atoms with Crippen LogP contribution in [0.25, 0.3) is 0 Å². The Labute approximate surface area is 140 Å². The number of benzene rings is 1. The number of ether oxygens (including phenoxy) is 1. The van der Waals surface area contributed by atoms with Gasteiger partial charge < -0.3 is 19.6 Å². The predicted octanol–water partition coefficient (Wildman–Crippen LogP) is 3.26. The van der Waals surface area contributed by atoms with Gasteiger partial charge in [0.05, 0.1) is 6.10 Å². The summed E-state index contributed by atoms with van der Waals surface area (Å²) in [5.74, 6) is -0.480. The van der Waals surface area contributed by atoms with Crippen molar-refractivity contribution < 1.29 is 23.8 Å². The van der Waals surface area contributed by atoms with Crippen molar-refractivity contribution in [2.24, 2.45) is 0 Å². The van der Waals surface area contributed by atoms with Crippen LogP contribution in [0.4, 0.5) is 0 Å². The summed E-state index contributed by atoms with van der Waals surface area (Å²) in [5.41, 5.74) is 0.929. The molecule has 0 aliphatic carbocycles. The molecule has 1 aromatic heterocycles. The third kappa shape index (κ3) is 4.38. The van der Waals surface area contributed by atoms with Gasteiger partial charge >= 0.3 is 5.97 Å². The Bertz CT molecular complexity index is 716. The van der Waals surface area contributed by atoms with Crippen LogP contribution in [-0.2, 0) is 13.0 Å². The van der Waals surface area contributed by atoms with Crippen molar-refractivity contribution in [3.63, 3.8) is 0 Å². The van der Waals surface area contributed by atoms with E-state index >= 15 is 0 Å². The topological polar surface area (TPSA) is 88.8 Å². The molecular formula is C18H21NO5. The second kappa shape index (κ2) is 7.68. The van der Waals surface area contributed by atoms with Crippen LogP contribution in [0.5, 0.6) is 5.75 Å². The zero-order chi connectivity index (χ0) is 17.7. The summed E-state index contributed by atoms with van der Waals surface area (Å²) in [6, 6.07) is 8.66. The van der Waals surface area contributed by atoms with Crippen molar-refractivity contribution in [1.29, 1.82) is 0 Å². The van der Waals surface area contributed by atoms with E-state index in [0.717, 1.165) is 11.3 Å². The smallest absolute Gasteiger partial charge is 0.339 e. The van der Waals surface area contributed by atoms with E-state index in [2.05, 4.69) is 5.32 Å². The van der Waals surface area contributed by atoms with Crippen molar-refractivity contribution in [3.8, 4) is 5.75 Å². The second-order valence-corrected chi connectivity index (χ2v) is 5.60. The lowest BCUT2D eigenvalue weighted by molar-refractivity contribution is 0.0694. The molecule has 0 radical (unpaired) electrons. The first-order valence-corrected chi connectivity index (χ1v) is 7.80. The third-order valence-electron chi connectivity index (χ3n) is 3.33. The van der Waals surface area contributed by atoms with Crippen LogP contribution >= 0.6 is 0 Å². The Hall–Kier alpha value is -2.76. The van der Waals surface area contributed by atoms with Crippen molar-refractivity contribution in [2.45, 2.75) is 39.8 Å². The largest absolute Gasteiger partial charge is 0.491 e. The van der Waals surface area contributed by atoms with Crippen LogP contribution in [0.3, 0.4) is 0 Å². The number of aryl methyl sites for hydroxylation is 1. The molecule has 0 spiro atoms. The minimum Gasteiger partial charge on any atom is -0.491 e. The first-order valence-electron chi connectivity index (χ1n) is 7.80. The number of hydrogen-bond acceptors (Lipinski definition) is 4. The van der Waals surface area contributed by atoms with Gasteiger partial charge in [-0.3, -0.25) is 4.79 Å². The fourth-order valence-corrected chi connectivity index (χ4v) is 2.21. The molecule has 0 fully saturated rings. The number of carboxylic acids is 1. The summed E-state index contributed by atoms with van der Waals surface area (Å²) in [5, 5.41) is 11.8. The van der Waals surface area contributed by atoms with Gasteiger partial charge in [0.15, 0.2) is 5.76 Å². The molecule has 0 bridgehead atoms.